The van der Waals surface area contributed by atoms with Crippen LogP contribution in [0.4, 0.5) is 4.79 Å². The van der Waals surface area contributed by atoms with E-state index in [9.17, 15) is 9.59 Å². The molecule has 27 heavy (non-hydrogen) atoms. The van der Waals surface area contributed by atoms with E-state index in [2.05, 4.69) is 5.32 Å². The summed E-state index contributed by atoms with van der Waals surface area (Å²) in [6.45, 7) is 2.17. The van der Waals surface area contributed by atoms with Crippen LogP contribution in [0.25, 0.3) is 0 Å². The topological polar surface area (TPSA) is 67.9 Å². The summed E-state index contributed by atoms with van der Waals surface area (Å²) in [7, 11) is 1.56. The summed E-state index contributed by atoms with van der Waals surface area (Å²) in [6.07, 6.45) is 0.434. The number of halogens is 1. The van der Waals surface area contributed by atoms with Crippen LogP contribution in [-0.4, -0.2) is 37.1 Å². The molecule has 1 N–H and O–H groups in total. The number of imide groups is 1. The maximum absolute atomic E-state index is 13.0. The van der Waals surface area contributed by atoms with Gasteiger partial charge in [-0.15, -0.1) is 0 Å². The minimum Gasteiger partial charge on any atom is -0.493 e. The highest BCUT2D eigenvalue weighted by molar-refractivity contribution is 6.30. The normalized spacial score (nSPS) is 19.1. The van der Waals surface area contributed by atoms with Crippen molar-refractivity contribution in [2.75, 3.05) is 20.3 Å². The first-order valence-corrected chi connectivity index (χ1v) is 9.05. The van der Waals surface area contributed by atoms with E-state index >= 15 is 0 Å². The van der Waals surface area contributed by atoms with E-state index in [1.807, 2.05) is 19.1 Å². The Kier molecular flexibility index (Phi) is 5.56. The summed E-state index contributed by atoms with van der Waals surface area (Å²) in [4.78, 5) is 26.7. The van der Waals surface area contributed by atoms with E-state index in [1.54, 1.807) is 43.5 Å². The van der Waals surface area contributed by atoms with Gasteiger partial charge in [-0.2, -0.15) is 0 Å². The zero-order valence-corrected chi connectivity index (χ0v) is 16.0. The van der Waals surface area contributed by atoms with Gasteiger partial charge in [-0.05, 0) is 36.2 Å². The van der Waals surface area contributed by atoms with E-state index in [-0.39, 0.29) is 19.1 Å². The number of benzene rings is 2. The largest absolute Gasteiger partial charge is 0.493 e. The molecule has 1 heterocycles. The fourth-order valence-electron chi connectivity index (χ4n) is 3.19. The Balaban J connectivity index is 1.72. The number of hydrogen-bond acceptors (Lipinski definition) is 4. The number of nitrogens with zero attached hydrogens (tertiary/aromatic N) is 1. The summed E-state index contributed by atoms with van der Waals surface area (Å²) >= 11 is 5.94. The number of urea groups is 1. The first-order valence-electron chi connectivity index (χ1n) is 8.68. The molecule has 7 heteroatoms. The average molecular weight is 389 g/mol. The van der Waals surface area contributed by atoms with Gasteiger partial charge in [0, 0.05) is 5.02 Å². The Bertz CT molecular complexity index is 840. The quantitative estimate of drug-likeness (QED) is 0.736. The predicted molar refractivity (Wildman–Crippen MR) is 102 cm³/mol. The van der Waals surface area contributed by atoms with Crippen molar-refractivity contribution in [3.05, 3.63) is 59.1 Å². The molecule has 0 radical (unpaired) electrons. The van der Waals surface area contributed by atoms with Crippen LogP contribution in [-0.2, 0) is 10.3 Å². The zero-order chi connectivity index (χ0) is 19.4. The number of nitrogens with one attached hydrogen (secondary N) is 1. The summed E-state index contributed by atoms with van der Waals surface area (Å²) in [5.41, 5.74) is -0.368. The third-order valence-electron chi connectivity index (χ3n) is 4.68. The molecular formula is C20H21ClN2O4. The molecule has 1 fully saturated rings. The fourth-order valence-corrected chi connectivity index (χ4v) is 3.31. The van der Waals surface area contributed by atoms with Gasteiger partial charge in [0.1, 0.15) is 12.1 Å². The Morgan fingerprint density at radius 2 is 1.74 bits per heavy atom. The van der Waals surface area contributed by atoms with E-state index in [0.717, 1.165) is 0 Å². The van der Waals surface area contributed by atoms with Crippen LogP contribution in [0.3, 0.4) is 0 Å². The molecule has 2 aromatic rings. The van der Waals surface area contributed by atoms with E-state index in [4.69, 9.17) is 21.1 Å². The molecule has 1 aliphatic heterocycles. The lowest BCUT2D eigenvalue weighted by Crippen LogP contribution is -2.43. The van der Waals surface area contributed by atoms with E-state index in [1.165, 1.54) is 4.90 Å². The number of hydrogen-bond donors (Lipinski definition) is 1. The van der Waals surface area contributed by atoms with Gasteiger partial charge in [-0.25, -0.2) is 4.79 Å². The Labute approximate surface area is 163 Å². The maximum atomic E-state index is 13.0. The van der Waals surface area contributed by atoms with E-state index in [0.29, 0.717) is 28.5 Å². The molecule has 3 amide bonds. The van der Waals surface area contributed by atoms with Gasteiger partial charge >= 0.3 is 6.03 Å². The maximum Gasteiger partial charge on any atom is 0.325 e. The molecule has 0 aliphatic carbocycles. The molecule has 0 bridgehead atoms. The van der Waals surface area contributed by atoms with E-state index < -0.39 is 11.6 Å². The molecule has 0 spiro atoms. The number of para-hydroxylation sites is 2. The standard InChI is InChI=1S/C20H21ClN2O4/c1-3-20(14-8-10-15(21)11-9-14)18(24)23(19(25)22-20)12-13-27-17-7-5-4-6-16(17)26-2/h4-11H,3,12-13H2,1-2H3,(H,22,25). The Hall–Kier alpha value is -2.73. The SMILES string of the molecule is CCC1(c2ccc(Cl)cc2)NC(=O)N(CCOc2ccccc2OC)C1=O. The van der Waals surface area contributed by atoms with Crippen LogP contribution in [0.5, 0.6) is 11.5 Å². The lowest BCUT2D eigenvalue weighted by molar-refractivity contribution is -0.132. The number of methoxy groups -OCH3 is 1. The zero-order valence-electron chi connectivity index (χ0n) is 15.2. The van der Waals surface area contributed by atoms with Crippen molar-refractivity contribution in [3.8, 4) is 11.5 Å². The van der Waals surface area contributed by atoms with Gasteiger partial charge in [0.05, 0.1) is 13.7 Å². The second-order valence-electron chi connectivity index (χ2n) is 6.15. The first kappa shape index (κ1) is 19.0. The van der Waals surface area contributed by atoms with Gasteiger partial charge < -0.3 is 14.8 Å². The van der Waals surface area contributed by atoms with Crippen molar-refractivity contribution in [3.63, 3.8) is 0 Å². The second kappa shape index (κ2) is 7.88. The molecule has 3 rings (SSSR count). The number of ether oxygens (including phenoxy) is 2. The molecular weight excluding hydrogens is 368 g/mol. The van der Waals surface area contributed by atoms with Gasteiger partial charge in [0.2, 0.25) is 0 Å². The van der Waals surface area contributed by atoms with Gasteiger partial charge in [0.15, 0.2) is 11.5 Å². The Morgan fingerprint density at radius 1 is 1.07 bits per heavy atom. The Morgan fingerprint density at radius 3 is 2.37 bits per heavy atom. The van der Waals surface area contributed by atoms with Crippen LogP contribution < -0.4 is 14.8 Å². The number of carbonyl (C=O) groups excluding carboxylic acids is 2. The highest BCUT2D eigenvalue weighted by Gasteiger charge is 2.51. The minimum atomic E-state index is -1.08. The highest BCUT2D eigenvalue weighted by Crippen LogP contribution is 2.33. The van der Waals surface area contributed by atoms with Gasteiger partial charge in [0.25, 0.3) is 5.91 Å². The van der Waals surface area contributed by atoms with Crippen LogP contribution >= 0.6 is 11.6 Å². The molecule has 1 aliphatic rings. The number of amides is 3. The predicted octanol–water partition coefficient (Wildman–Crippen LogP) is 3.58. The van der Waals surface area contributed by atoms with Crippen LogP contribution in [0.1, 0.15) is 18.9 Å². The molecule has 0 saturated carbocycles. The molecule has 6 nitrogen and oxygen atoms in total. The van der Waals surface area contributed by atoms with Crippen molar-refractivity contribution in [2.24, 2.45) is 0 Å². The molecule has 0 aromatic heterocycles. The lowest BCUT2D eigenvalue weighted by Gasteiger charge is -2.26. The van der Waals surface area contributed by atoms with Crippen LogP contribution in [0, 0.1) is 0 Å². The summed E-state index contributed by atoms with van der Waals surface area (Å²) in [5, 5.41) is 3.41. The summed E-state index contributed by atoms with van der Waals surface area (Å²) in [5.74, 6) is 0.867. The summed E-state index contributed by atoms with van der Waals surface area (Å²) < 4.78 is 10.9. The van der Waals surface area contributed by atoms with Crippen LogP contribution in [0.2, 0.25) is 5.02 Å². The first-order chi connectivity index (χ1) is 13.0. The monoisotopic (exact) mass is 388 g/mol. The number of carbonyl (C=O) groups is 2. The van der Waals surface area contributed by atoms with Crippen molar-refractivity contribution in [1.29, 1.82) is 0 Å². The van der Waals surface area contributed by atoms with Crippen LogP contribution in [0.15, 0.2) is 48.5 Å². The summed E-state index contributed by atoms with van der Waals surface area (Å²) in [6, 6.07) is 13.7. The van der Waals surface area contributed by atoms with Crippen molar-refractivity contribution in [2.45, 2.75) is 18.9 Å². The lowest BCUT2D eigenvalue weighted by atomic mass is 9.87. The van der Waals surface area contributed by atoms with Gasteiger partial charge in [-0.3, -0.25) is 9.69 Å². The average Bonchev–Trinajstić information content (AvgIpc) is 2.94. The van der Waals surface area contributed by atoms with Crippen molar-refractivity contribution >= 4 is 23.5 Å². The minimum absolute atomic E-state index is 0.137. The molecule has 2 aromatic carbocycles. The highest BCUT2D eigenvalue weighted by atomic mass is 35.5. The van der Waals surface area contributed by atoms with Crippen molar-refractivity contribution < 1.29 is 19.1 Å². The van der Waals surface area contributed by atoms with Crippen molar-refractivity contribution in [1.82, 2.24) is 10.2 Å². The third kappa shape index (κ3) is 3.57. The molecule has 1 unspecified atom stereocenters. The molecule has 1 saturated heterocycles. The third-order valence-corrected chi connectivity index (χ3v) is 4.94. The number of rotatable bonds is 7. The van der Waals surface area contributed by atoms with Gasteiger partial charge in [-0.1, -0.05) is 42.8 Å². The fraction of sp³-hybridized carbons (Fsp3) is 0.300. The second-order valence-corrected chi connectivity index (χ2v) is 6.59. The smallest absolute Gasteiger partial charge is 0.325 e. The molecule has 142 valence electrons. The molecule has 1 atom stereocenters.